The largest absolute Gasteiger partial charge is 0.466 e. The number of nitrogen functional groups attached to an aromatic ring is 1. The van der Waals surface area contributed by atoms with Crippen molar-refractivity contribution >= 4 is 23.6 Å². The first kappa shape index (κ1) is 37.9. The Hall–Kier alpha value is -3.37. The van der Waals surface area contributed by atoms with Crippen LogP contribution in [0.15, 0.2) is 48.1 Å². The van der Waals surface area contributed by atoms with E-state index in [-0.39, 0.29) is 55.1 Å². The zero-order valence-electron chi connectivity index (χ0n) is 28.5. The lowest BCUT2D eigenvalue weighted by atomic mass is 9.83. The Morgan fingerprint density at radius 1 is 1.04 bits per heavy atom. The van der Waals surface area contributed by atoms with E-state index in [9.17, 15) is 29.7 Å². The highest BCUT2D eigenvalue weighted by atomic mass is 16.7. The second kappa shape index (κ2) is 17.2. The first-order chi connectivity index (χ1) is 23.9. The van der Waals surface area contributed by atoms with Crippen molar-refractivity contribution in [2.45, 2.75) is 120 Å². The molecule has 10 atom stereocenters. The molecule has 0 amide bonds. The number of esters is 3. The van der Waals surface area contributed by atoms with Gasteiger partial charge in [0, 0.05) is 30.5 Å². The number of fused-ring (bicyclic) bond motifs is 6. The van der Waals surface area contributed by atoms with Gasteiger partial charge in [0.2, 0.25) is 5.79 Å². The summed E-state index contributed by atoms with van der Waals surface area (Å²) in [5.41, 5.74) is 6.49. The van der Waals surface area contributed by atoms with Crippen LogP contribution in [0.25, 0.3) is 0 Å². The standard InChI is InChI=1S/C36H49NO13/c1-21-9-10-33-45-12-11-28(48-33)18-27-8-4-7-26(46-27)16-25(39)17-32(41)47-30(20-38)19-29-14-23(15-31(40)44-2)34(36(21,43)50-29)49-35(42)22-5-3-6-24(37)13-22/h3,5-6,9-10,13,15,21,25-30,33-34,38-39,43H,4,7-8,11-12,14,16-20,37H2,1-2H3/b10-9+,23-15+/t21-,25+,26-,27+,28-,29?,30?,33-,34-,36-/m0/s1. The van der Waals surface area contributed by atoms with Crippen molar-refractivity contribution in [3.8, 4) is 0 Å². The summed E-state index contributed by atoms with van der Waals surface area (Å²) in [4.78, 5) is 38.9. The number of carbonyl (C=O) groups excluding carboxylic acids is 3. The highest BCUT2D eigenvalue weighted by Crippen LogP contribution is 2.41. The molecule has 0 saturated carbocycles. The van der Waals surface area contributed by atoms with Crippen LogP contribution in [0.2, 0.25) is 0 Å². The van der Waals surface area contributed by atoms with Crippen LogP contribution < -0.4 is 5.73 Å². The van der Waals surface area contributed by atoms with E-state index in [1.54, 1.807) is 31.2 Å². The number of anilines is 1. The summed E-state index contributed by atoms with van der Waals surface area (Å²) in [6.07, 6.45) is 2.21. The molecule has 3 fully saturated rings. The first-order valence-electron chi connectivity index (χ1n) is 17.3. The second-order valence-corrected chi connectivity index (χ2v) is 13.5. The minimum Gasteiger partial charge on any atom is -0.466 e. The molecule has 276 valence electrons. The monoisotopic (exact) mass is 703 g/mol. The number of hydrogen-bond donors (Lipinski definition) is 4. The van der Waals surface area contributed by atoms with Crippen LogP contribution in [0, 0.1) is 5.92 Å². The molecule has 4 aliphatic heterocycles. The number of hydrogen-bond acceptors (Lipinski definition) is 14. The molecule has 14 nitrogen and oxygen atoms in total. The zero-order chi connectivity index (χ0) is 35.8. The van der Waals surface area contributed by atoms with Crippen LogP contribution in [0.3, 0.4) is 0 Å². The van der Waals surface area contributed by atoms with Crippen molar-refractivity contribution in [2.75, 3.05) is 26.1 Å². The van der Waals surface area contributed by atoms with Crippen LogP contribution in [-0.4, -0.2) is 108 Å². The van der Waals surface area contributed by atoms with Gasteiger partial charge in [-0.25, -0.2) is 9.59 Å². The maximum Gasteiger partial charge on any atom is 0.339 e. The van der Waals surface area contributed by atoms with Gasteiger partial charge in [0.05, 0.1) is 62.8 Å². The van der Waals surface area contributed by atoms with Crippen LogP contribution in [0.1, 0.15) is 75.1 Å². The third-order valence-electron chi connectivity index (χ3n) is 9.57. The molecule has 4 heterocycles. The Morgan fingerprint density at radius 2 is 1.80 bits per heavy atom. The molecular weight excluding hydrogens is 654 g/mol. The summed E-state index contributed by atoms with van der Waals surface area (Å²) in [6, 6.07) is 6.10. The number of carbonyl (C=O) groups is 3. The van der Waals surface area contributed by atoms with E-state index in [4.69, 9.17) is 38.9 Å². The lowest BCUT2D eigenvalue weighted by Crippen LogP contribution is -2.58. The number of methoxy groups -OCH3 is 1. The summed E-state index contributed by atoms with van der Waals surface area (Å²) < 4.78 is 41.0. The summed E-state index contributed by atoms with van der Waals surface area (Å²) in [6.45, 7) is 1.50. The number of nitrogens with two attached hydrogens (primary N) is 1. The first-order valence-corrected chi connectivity index (χ1v) is 17.3. The molecule has 2 unspecified atom stereocenters. The molecule has 0 aromatic heterocycles. The molecule has 5 N–H and O–H groups in total. The summed E-state index contributed by atoms with van der Waals surface area (Å²) in [5.74, 6) is -5.50. The maximum atomic E-state index is 13.4. The number of benzene rings is 1. The van der Waals surface area contributed by atoms with E-state index in [2.05, 4.69) is 0 Å². The van der Waals surface area contributed by atoms with Gasteiger partial charge in [-0.1, -0.05) is 19.1 Å². The third kappa shape index (κ3) is 9.90. The minimum atomic E-state index is -2.28. The molecule has 3 saturated heterocycles. The van der Waals surface area contributed by atoms with Crippen LogP contribution in [-0.2, 0) is 42.7 Å². The SMILES string of the molecule is COC(=O)/C=C1\CC2CC(CO)OC(=O)C[C@H](O)C[C@@H]3CCC[C@H](C[C@@H]4CCO[C@H](/C=C/[C@H](C)[C@](O)(O2)[C@H]1OC(=O)c1cccc(N)c1)O4)O3. The molecule has 0 spiro atoms. The Morgan fingerprint density at radius 3 is 2.54 bits per heavy atom. The molecule has 1 aromatic carbocycles. The zero-order valence-corrected chi connectivity index (χ0v) is 28.5. The normalized spacial score (nSPS) is 37.2. The van der Waals surface area contributed by atoms with Gasteiger partial charge in [-0.15, -0.1) is 0 Å². The third-order valence-corrected chi connectivity index (χ3v) is 9.57. The fourth-order valence-corrected chi connectivity index (χ4v) is 7.00. The average molecular weight is 704 g/mol. The van der Waals surface area contributed by atoms with Crippen molar-refractivity contribution in [2.24, 2.45) is 5.92 Å². The molecule has 6 bridgehead atoms. The number of ether oxygens (including phenoxy) is 7. The molecule has 0 aliphatic carbocycles. The Labute approximate surface area is 291 Å². The van der Waals surface area contributed by atoms with Crippen molar-refractivity contribution in [3.63, 3.8) is 0 Å². The van der Waals surface area contributed by atoms with Gasteiger partial charge in [-0.2, -0.15) is 0 Å². The van der Waals surface area contributed by atoms with Gasteiger partial charge >= 0.3 is 17.9 Å². The van der Waals surface area contributed by atoms with Gasteiger partial charge < -0.3 is 54.2 Å². The lowest BCUT2D eigenvalue weighted by molar-refractivity contribution is -0.302. The second-order valence-electron chi connectivity index (χ2n) is 13.5. The van der Waals surface area contributed by atoms with Gasteiger partial charge in [-0.05, 0) is 68.4 Å². The topological polar surface area (TPSA) is 203 Å². The Bertz CT molecular complexity index is 1400. The fourth-order valence-electron chi connectivity index (χ4n) is 7.00. The summed E-state index contributed by atoms with van der Waals surface area (Å²) in [7, 11) is 1.19. The number of aliphatic hydroxyl groups excluding tert-OH is 2. The van der Waals surface area contributed by atoms with Crippen molar-refractivity contribution in [1.82, 2.24) is 0 Å². The summed E-state index contributed by atoms with van der Waals surface area (Å²) >= 11 is 0. The van der Waals surface area contributed by atoms with Crippen LogP contribution in [0.5, 0.6) is 0 Å². The molecule has 5 rings (SSSR count). The van der Waals surface area contributed by atoms with E-state index in [0.29, 0.717) is 25.1 Å². The van der Waals surface area contributed by atoms with Crippen molar-refractivity contribution in [1.29, 1.82) is 0 Å². The Kier molecular flexibility index (Phi) is 13.1. The molecule has 50 heavy (non-hydrogen) atoms. The smallest absolute Gasteiger partial charge is 0.339 e. The molecule has 4 aliphatic rings. The number of cyclic esters (lactones) is 1. The van der Waals surface area contributed by atoms with E-state index in [1.165, 1.54) is 19.2 Å². The van der Waals surface area contributed by atoms with Crippen molar-refractivity contribution < 1.29 is 62.9 Å². The molecule has 14 heteroatoms. The Balaban J connectivity index is 1.49. The van der Waals surface area contributed by atoms with Gasteiger partial charge in [0.1, 0.15) is 6.10 Å². The minimum absolute atomic E-state index is 0.0594. The predicted molar refractivity (Wildman–Crippen MR) is 176 cm³/mol. The van der Waals surface area contributed by atoms with E-state index >= 15 is 0 Å². The average Bonchev–Trinajstić information content (AvgIpc) is 3.08. The molecular formula is C36H49NO13. The van der Waals surface area contributed by atoms with Crippen LogP contribution in [0.4, 0.5) is 5.69 Å². The van der Waals surface area contributed by atoms with Crippen molar-refractivity contribution in [3.05, 3.63) is 53.6 Å². The quantitative estimate of drug-likeness (QED) is 0.117. The number of aliphatic hydroxyl groups is 3. The predicted octanol–water partition coefficient (Wildman–Crippen LogP) is 2.47. The maximum absolute atomic E-state index is 13.4. The van der Waals surface area contributed by atoms with E-state index in [0.717, 1.165) is 25.3 Å². The van der Waals surface area contributed by atoms with E-state index in [1.807, 2.05) is 0 Å². The highest BCUT2D eigenvalue weighted by molar-refractivity contribution is 5.91. The van der Waals surface area contributed by atoms with Gasteiger partial charge in [-0.3, -0.25) is 4.79 Å². The lowest BCUT2D eigenvalue weighted by Gasteiger charge is -2.46. The van der Waals surface area contributed by atoms with Gasteiger partial charge in [0.25, 0.3) is 0 Å². The highest BCUT2D eigenvalue weighted by Gasteiger charge is 2.52. The molecule has 1 aromatic rings. The van der Waals surface area contributed by atoms with Gasteiger partial charge in [0.15, 0.2) is 12.4 Å². The number of rotatable bonds is 4. The van der Waals surface area contributed by atoms with E-state index < -0.39 is 66.9 Å². The molecule has 0 radical (unpaired) electrons. The summed E-state index contributed by atoms with van der Waals surface area (Å²) in [5, 5.41) is 33.3. The van der Waals surface area contributed by atoms with Crippen LogP contribution >= 0.6 is 0 Å². The fraction of sp³-hybridized carbons (Fsp3) is 0.639.